The Morgan fingerprint density at radius 3 is 2.59 bits per heavy atom. The monoisotopic (exact) mass is 479 g/mol. The molecule has 5 heteroatoms. The maximum atomic E-state index is 11.8. The van der Waals surface area contributed by atoms with Gasteiger partial charge in [-0.2, -0.15) is 5.56 Å². The van der Waals surface area contributed by atoms with Gasteiger partial charge in [-0.05, 0) is 0 Å². The van der Waals surface area contributed by atoms with Crippen LogP contribution in [0.3, 0.4) is 0 Å². The minimum absolute atomic E-state index is 0. The van der Waals surface area contributed by atoms with E-state index in [1.54, 1.807) is 11.9 Å². The Balaban J connectivity index is 0.00000144. The number of amides is 1. The summed E-state index contributed by atoms with van der Waals surface area (Å²) in [4.78, 5) is 13.5. The molecule has 0 bridgehead atoms. The third-order valence-electron chi connectivity index (χ3n) is 2.50. The predicted octanol–water partition coefficient (Wildman–Crippen LogP) is 3.26. The van der Waals surface area contributed by atoms with Crippen LogP contribution < -0.4 is 0 Å². The van der Waals surface area contributed by atoms with Crippen LogP contribution in [0.25, 0.3) is 5.70 Å². The molecule has 0 saturated carbocycles. The van der Waals surface area contributed by atoms with Crippen molar-refractivity contribution in [3.8, 4) is 0 Å². The minimum atomic E-state index is 0. The number of halogens is 2. The van der Waals surface area contributed by atoms with Gasteiger partial charge in [0, 0.05) is 44.2 Å². The Bertz CT molecular complexity index is 446. The van der Waals surface area contributed by atoms with E-state index in [0.29, 0.717) is 6.42 Å². The Hall–Kier alpha value is 0.744. The van der Waals surface area contributed by atoms with Gasteiger partial charge in [0.15, 0.2) is 0 Å². The van der Waals surface area contributed by atoms with Crippen molar-refractivity contribution in [1.82, 2.24) is 4.90 Å². The maximum absolute atomic E-state index is 11.8. The Morgan fingerprint density at radius 2 is 2.00 bits per heavy atom. The summed E-state index contributed by atoms with van der Waals surface area (Å²) in [6.07, 6.45) is 3.97. The quantitative estimate of drug-likeness (QED) is 0.344. The van der Waals surface area contributed by atoms with E-state index in [0.717, 1.165) is 15.7 Å². The maximum Gasteiger partial charge on any atom is 0.235 e. The first-order valence-electron chi connectivity index (χ1n) is 4.88. The Labute approximate surface area is 148 Å². The SMILES string of the molecule is CN1C(=O)C(I)C[C-]=C1c1ccc(Br)cc1.[Y]. The zero-order valence-electron chi connectivity index (χ0n) is 9.28. The van der Waals surface area contributed by atoms with Crippen LogP contribution in [0.5, 0.6) is 0 Å². The summed E-state index contributed by atoms with van der Waals surface area (Å²) in [5.41, 5.74) is 1.91. The second-order valence-electron chi connectivity index (χ2n) is 3.60. The molecule has 1 aliphatic rings. The van der Waals surface area contributed by atoms with Crippen LogP contribution in [0, 0.1) is 6.08 Å². The topological polar surface area (TPSA) is 20.3 Å². The molecule has 0 N–H and O–H groups in total. The van der Waals surface area contributed by atoms with Crippen molar-refractivity contribution in [2.45, 2.75) is 10.3 Å². The molecular weight excluding hydrogens is 470 g/mol. The van der Waals surface area contributed by atoms with Gasteiger partial charge in [-0.15, -0.1) is 17.8 Å². The fourth-order valence-corrected chi connectivity index (χ4v) is 2.52. The first-order valence-corrected chi connectivity index (χ1v) is 6.92. The fraction of sp³-hybridized carbons (Fsp3) is 0.250. The predicted molar refractivity (Wildman–Crippen MR) is 76.0 cm³/mol. The minimum Gasteiger partial charge on any atom is -0.350 e. The summed E-state index contributed by atoms with van der Waals surface area (Å²) < 4.78 is 1.05. The number of nitrogens with zero attached hydrogens (tertiary/aromatic N) is 1. The summed E-state index contributed by atoms with van der Waals surface area (Å²) in [7, 11) is 1.80. The van der Waals surface area contributed by atoms with E-state index in [1.807, 2.05) is 24.3 Å². The molecule has 1 radical (unpaired) electrons. The number of alkyl halides is 1. The van der Waals surface area contributed by atoms with E-state index in [-0.39, 0.29) is 42.5 Å². The molecule has 1 aromatic rings. The van der Waals surface area contributed by atoms with E-state index in [9.17, 15) is 4.79 Å². The van der Waals surface area contributed by atoms with E-state index in [2.05, 4.69) is 44.6 Å². The Morgan fingerprint density at radius 1 is 1.41 bits per heavy atom. The molecule has 1 atom stereocenters. The summed E-state index contributed by atoms with van der Waals surface area (Å²) in [6.45, 7) is 0. The molecule has 1 heterocycles. The summed E-state index contributed by atoms with van der Waals surface area (Å²) in [5, 5.41) is 0. The number of allylic oxidation sites excluding steroid dienone is 1. The van der Waals surface area contributed by atoms with Gasteiger partial charge in [-0.25, -0.2) is 6.08 Å². The number of hydrogen-bond donors (Lipinski definition) is 0. The van der Waals surface area contributed by atoms with Crippen LogP contribution in [-0.4, -0.2) is 21.8 Å². The molecule has 2 nitrogen and oxygen atoms in total. The summed E-state index contributed by atoms with van der Waals surface area (Å²) >= 11 is 5.55. The Kier molecular flexibility index (Phi) is 6.30. The van der Waals surface area contributed by atoms with Crippen molar-refractivity contribution in [2.75, 3.05) is 7.05 Å². The van der Waals surface area contributed by atoms with Crippen LogP contribution in [0.4, 0.5) is 0 Å². The smallest absolute Gasteiger partial charge is 0.235 e. The van der Waals surface area contributed by atoms with Gasteiger partial charge in [0.1, 0.15) is 0 Å². The van der Waals surface area contributed by atoms with Gasteiger partial charge in [-0.3, -0.25) is 4.79 Å². The summed E-state index contributed by atoms with van der Waals surface area (Å²) in [5.74, 6) is 0.150. The second-order valence-corrected chi connectivity index (χ2v) is 6.02. The third kappa shape index (κ3) is 3.61. The van der Waals surface area contributed by atoms with Gasteiger partial charge in [0.25, 0.3) is 0 Å². The second kappa shape index (κ2) is 6.78. The molecule has 1 unspecified atom stereocenters. The molecular formula is C12H10BrINOY-. The van der Waals surface area contributed by atoms with Crippen molar-refractivity contribution >= 4 is 50.1 Å². The van der Waals surface area contributed by atoms with E-state index < -0.39 is 0 Å². The van der Waals surface area contributed by atoms with Crippen LogP contribution in [0.15, 0.2) is 28.7 Å². The van der Waals surface area contributed by atoms with Crippen molar-refractivity contribution in [3.05, 3.63) is 40.4 Å². The zero-order chi connectivity index (χ0) is 11.7. The molecule has 1 aromatic carbocycles. The number of carbonyl (C=O) groups excluding carboxylic acids is 1. The first-order chi connectivity index (χ1) is 7.59. The van der Waals surface area contributed by atoms with Gasteiger partial charge in [0.05, 0.1) is 3.92 Å². The molecule has 0 aromatic heterocycles. The number of benzene rings is 1. The molecule has 0 saturated heterocycles. The molecule has 0 aliphatic carbocycles. The van der Waals surface area contributed by atoms with E-state index >= 15 is 0 Å². The van der Waals surface area contributed by atoms with Crippen LogP contribution in [0.1, 0.15) is 12.0 Å². The number of rotatable bonds is 1. The van der Waals surface area contributed by atoms with Crippen molar-refractivity contribution in [3.63, 3.8) is 0 Å². The van der Waals surface area contributed by atoms with Crippen LogP contribution in [-0.2, 0) is 37.5 Å². The molecule has 1 amide bonds. The molecule has 1 aliphatic heterocycles. The fourth-order valence-electron chi connectivity index (χ4n) is 1.62. The van der Waals surface area contributed by atoms with Crippen molar-refractivity contribution < 1.29 is 37.5 Å². The van der Waals surface area contributed by atoms with Gasteiger partial charge in [0.2, 0.25) is 5.91 Å². The van der Waals surface area contributed by atoms with Crippen LogP contribution >= 0.6 is 38.5 Å². The van der Waals surface area contributed by atoms with E-state index in [4.69, 9.17) is 0 Å². The largest absolute Gasteiger partial charge is 0.350 e. The normalized spacial score (nSPS) is 19.7. The average Bonchev–Trinajstić information content (AvgIpc) is 2.28. The van der Waals surface area contributed by atoms with Crippen LogP contribution in [0.2, 0.25) is 0 Å². The average molecular weight is 480 g/mol. The molecule has 0 fully saturated rings. The number of carbonyl (C=O) groups is 1. The van der Waals surface area contributed by atoms with Crippen molar-refractivity contribution in [2.24, 2.45) is 0 Å². The zero-order valence-corrected chi connectivity index (χ0v) is 15.9. The van der Waals surface area contributed by atoms with Crippen molar-refractivity contribution in [1.29, 1.82) is 0 Å². The third-order valence-corrected chi connectivity index (χ3v) is 4.00. The molecule has 87 valence electrons. The molecule has 2 rings (SSSR count). The number of hydrogen-bond acceptors (Lipinski definition) is 1. The first kappa shape index (κ1) is 15.8. The van der Waals surface area contributed by atoms with Gasteiger partial charge in [-0.1, -0.05) is 57.1 Å². The standard InChI is InChI=1S/C12H10BrINO.Y/c1-15-11(7-6-10(14)12(15)16)8-2-4-9(13)5-3-8;/h2-5,10H,6H2,1H3;/q-1;. The summed E-state index contributed by atoms with van der Waals surface area (Å²) in [6, 6.07) is 7.92. The van der Waals surface area contributed by atoms with Gasteiger partial charge >= 0.3 is 0 Å². The van der Waals surface area contributed by atoms with E-state index in [1.165, 1.54) is 0 Å². The van der Waals surface area contributed by atoms with Gasteiger partial charge < -0.3 is 4.90 Å². The molecule has 17 heavy (non-hydrogen) atoms. The molecule has 0 spiro atoms.